The summed E-state index contributed by atoms with van der Waals surface area (Å²) in [4.78, 5) is 10.8. The molecule has 0 bridgehead atoms. The van der Waals surface area contributed by atoms with Crippen LogP contribution in [0.1, 0.15) is 6.92 Å². The number of hydrogen-bond donors (Lipinski definition) is 1. The van der Waals surface area contributed by atoms with Gasteiger partial charge in [0.25, 0.3) is 0 Å². The molecular weight excluding hydrogens is 240 g/mol. The van der Waals surface area contributed by atoms with E-state index in [2.05, 4.69) is 0 Å². The topological polar surface area (TPSA) is 98.5 Å². The molecule has 0 aromatic carbocycles. The number of thioether (sulfide) groups is 1. The van der Waals surface area contributed by atoms with Crippen molar-refractivity contribution in [3.8, 4) is 6.07 Å². The lowest BCUT2D eigenvalue weighted by atomic mass is 10.4. The number of carbonyl (C=O) groups is 1. The lowest BCUT2D eigenvalue weighted by Gasteiger charge is -2.20. The Kier molecular flexibility index (Phi) is 3.59. The highest BCUT2D eigenvalue weighted by Crippen LogP contribution is 2.26. The van der Waals surface area contributed by atoms with Crippen molar-refractivity contribution < 1.29 is 18.3 Å². The van der Waals surface area contributed by atoms with Crippen LogP contribution in [0.3, 0.4) is 0 Å². The molecule has 1 heterocycles. The molecule has 1 aliphatic heterocycles. The van der Waals surface area contributed by atoms with Crippen LogP contribution in [0.4, 0.5) is 0 Å². The van der Waals surface area contributed by atoms with E-state index in [-0.39, 0.29) is 11.6 Å². The second-order valence-electron chi connectivity index (χ2n) is 3.06. The summed E-state index contributed by atoms with van der Waals surface area (Å²) in [6.45, 7) is 1.25. The van der Waals surface area contributed by atoms with E-state index in [4.69, 9.17) is 10.4 Å². The summed E-state index contributed by atoms with van der Waals surface area (Å²) in [6.07, 6.45) is 0. The van der Waals surface area contributed by atoms with Crippen LogP contribution in [-0.4, -0.2) is 46.7 Å². The number of nitrogens with zero attached hydrogens (tertiary/aromatic N) is 2. The number of sulfonamides is 1. The van der Waals surface area contributed by atoms with Gasteiger partial charge in [-0.15, -0.1) is 11.8 Å². The van der Waals surface area contributed by atoms with E-state index < -0.39 is 27.3 Å². The average Bonchev–Trinajstić information content (AvgIpc) is 2.65. The van der Waals surface area contributed by atoms with E-state index >= 15 is 0 Å². The van der Waals surface area contributed by atoms with E-state index in [1.54, 1.807) is 6.07 Å². The molecule has 0 aliphatic carbocycles. The molecule has 1 rings (SSSR count). The summed E-state index contributed by atoms with van der Waals surface area (Å²) in [5.41, 5.74) is 0. The zero-order valence-electron chi connectivity index (χ0n) is 7.95. The first-order valence-electron chi connectivity index (χ1n) is 4.12. The number of nitriles is 1. The lowest BCUT2D eigenvalue weighted by molar-refractivity contribution is -0.140. The zero-order chi connectivity index (χ0) is 11.6. The van der Waals surface area contributed by atoms with Crippen molar-refractivity contribution in [2.45, 2.75) is 18.2 Å². The quantitative estimate of drug-likeness (QED) is 0.737. The Morgan fingerprint density at radius 1 is 1.73 bits per heavy atom. The minimum atomic E-state index is -3.81. The Bertz CT molecular complexity index is 400. The third-order valence-corrected chi connectivity index (χ3v) is 5.29. The molecule has 0 amide bonds. The minimum absolute atomic E-state index is 0.103. The van der Waals surface area contributed by atoms with Crippen LogP contribution in [0.5, 0.6) is 0 Å². The summed E-state index contributed by atoms with van der Waals surface area (Å²) in [7, 11) is -3.81. The van der Waals surface area contributed by atoms with Gasteiger partial charge in [0.2, 0.25) is 10.0 Å². The summed E-state index contributed by atoms with van der Waals surface area (Å²) < 4.78 is 24.3. The van der Waals surface area contributed by atoms with Crippen molar-refractivity contribution >= 4 is 27.8 Å². The molecule has 0 aromatic rings. The average molecular weight is 250 g/mol. The van der Waals surface area contributed by atoms with Gasteiger partial charge in [-0.25, -0.2) is 8.42 Å². The molecule has 1 N–H and O–H groups in total. The van der Waals surface area contributed by atoms with Crippen LogP contribution < -0.4 is 0 Å². The first-order chi connectivity index (χ1) is 6.91. The van der Waals surface area contributed by atoms with E-state index in [0.29, 0.717) is 0 Å². The molecule has 1 saturated heterocycles. The van der Waals surface area contributed by atoms with Crippen LogP contribution in [0, 0.1) is 11.3 Å². The van der Waals surface area contributed by atoms with Crippen molar-refractivity contribution in [2.75, 3.05) is 11.6 Å². The molecule has 0 spiro atoms. The van der Waals surface area contributed by atoms with Crippen LogP contribution in [0.15, 0.2) is 0 Å². The van der Waals surface area contributed by atoms with Gasteiger partial charge in [0, 0.05) is 5.75 Å². The Hall–Kier alpha value is -0.780. The van der Waals surface area contributed by atoms with Crippen LogP contribution in [-0.2, 0) is 14.8 Å². The van der Waals surface area contributed by atoms with Crippen molar-refractivity contribution in [3.63, 3.8) is 0 Å². The fraction of sp³-hybridized carbons (Fsp3) is 0.714. The monoisotopic (exact) mass is 250 g/mol. The second-order valence-corrected chi connectivity index (χ2v) is 6.26. The Labute approximate surface area is 91.9 Å². The molecule has 0 aromatic heterocycles. The minimum Gasteiger partial charge on any atom is -0.480 e. The van der Waals surface area contributed by atoms with Gasteiger partial charge >= 0.3 is 5.97 Å². The Morgan fingerprint density at radius 3 is 2.80 bits per heavy atom. The summed E-state index contributed by atoms with van der Waals surface area (Å²) in [6, 6.07) is 0.564. The second kappa shape index (κ2) is 4.38. The van der Waals surface area contributed by atoms with Crippen LogP contribution in [0.2, 0.25) is 0 Å². The largest absolute Gasteiger partial charge is 0.480 e. The number of rotatable bonds is 3. The van der Waals surface area contributed by atoms with Gasteiger partial charge in [-0.1, -0.05) is 0 Å². The molecule has 1 fully saturated rings. The van der Waals surface area contributed by atoms with Gasteiger partial charge in [-0.2, -0.15) is 9.57 Å². The number of aliphatic carboxylic acids is 1. The van der Waals surface area contributed by atoms with Gasteiger partial charge in [0.15, 0.2) is 5.25 Å². The predicted octanol–water partition coefficient (Wildman–Crippen LogP) is -0.312. The van der Waals surface area contributed by atoms with E-state index in [0.717, 1.165) is 4.31 Å². The van der Waals surface area contributed by atoms with Crippen LogP contribution >= 0.6 is 11.8 Å². The van der Waals surface area contributed by atoms with E-state index in [1.165, 1.54) is 18.7 Å². The number of carboxylic acids is 1. The first-order valence-corrected chi connectivity index (χ1v) is 6.78. The molecule has 0 radical (unpaired) electrons. The van der Waals surface area contributed by atoms with Gasteiger partial charge < -0.3 is 5.11 Å². The maximum absolute atomic E-state index is 11.7. The van der Waals surface area contributed by atoms with Gasteiger partial charge in [-0.3, -0.25) is 4.79 Å². The van der Waals surface area contributed by atoms with Crippen LogP contribution in [0.25, 0.3) is 0 Å². The zero-order valence-corrected chi connectivity index (χ0v) is 9.58. The van der Waals surface area contributed by atoms with Crippen molar-refractivity contribution in [2.24, 2.45) is 0 Å². The van der Waals surface area contributed by atoms with Crippen molar-refractivity contribution in [3.05, 3.63) is 0 Å². The summed E-state index contributed by atoms with van der Waals surface area (Å²) in [5.74, 6) is -0.841. The number of hydrogen-bond acceptors (Lipinski definition) is 5. The highest BCUT2D eigenvalue weighted by Gasteiger charge is 2.41. The highest BCUT2D eigenvalue weighted by molar-refractivity contribution is 8.00. The fourth-order valence-electron chi connectivity index (χ4n) is 1.14. The molecule has 6 nitrogen and oxygen atoms in total. The molecule has 0 saturated carbocycles. The lowest BCUT2D eigenvalue weighted by Crippen LogP contribution is -2.44. The molecule has 84 valence electrons. The molecule has 15 heavy (non-hydrogen) atoms. The summed E-state index contributed by atoms with van der Waals surface area (Å²) in [5, 5.41) is 16.1. The Morgan fingerprint density at radius 2 is 2.33 bits per heavy atom. The first kappa shape index (κ1) is 12.3. The van der Waals surface area contributed by atoms with Crippen molar-refractivity contribution in [1.82, 2.24) is 4.31 Å². The third-order valence-electron chi connectivity index (χ3n) is 2.08. The molecule has 1 aliphatic rings. The standard InChI is InChI=1S/C7H10N2O4S2/c1-5(2-8)15(12,13)9-4-14-3-6(9)7(10)11/h5-6H,3-4H2,1H3,(H,10,11). The normalized spacial score (nSPS) is 24.7. The van der Waals surface area contributed by atoms with E-state index in [1.807, 2.05) is 0 Å². The SMILES string of the molecule is CC(C#N)S(=O)(=O)N1CSCC1C(=O)O. The summed E-state index contributed by atoms with van der Waals surface area (Å²) >= 11 is 1.23. The fourth-order valence-corrected chi connectivity index (χ4v) is 4.12. The van der Waals surface area contributed by atoms with Gasteiger partial charge in [0.05, 0.1) is 11.9 Å². The third kappa shape index (κ3) is 2.25. The van der Waals surface area contributed by atoms with Crippen molar-refractivity contribution in [1.29, 1.82) is 5.26 Å². The molecule has 2 unspecified atom stereocenters. The number of carboxylic acid groups (broad SMARTS) is 1. The maximum atomic E-state index is 11.7. The smallest absolute Gasteiger partial charge is 0.322 e. The molecule has 8 heteroatoms. The highest BCUT2D eigenvalue weighted by atomic mass is 32.2. The Balaban J connectivity index is 2.98. The molecule has 2 atom stereocenters. The maximum Gasteiger partial charge on any atom is 0.322 e. The van der Waals surface area contributed by atoms with E-state index in [9.17, 15) is 13.2 Å². The molecular formula is C7H10N2O4S2. The van der Waals surface area contributed by atoms with Gasteiger partial charge in [-0.05, 0) is 6.92 Å². The van der Waals surface area contributed by atoms with Gasteiger partial charge in [0.1, 0.15) is 6.04 Å². The predicted molar refractivity (Wildman–Crippen MR) is 54.6 cm³/mol.